The Balaban J connectivity index is 2.04. The molecule has 2 bridgehead atoms. The first-order chi connectivity index (χ1) is 8.60. The van der Waals surface area contributed by atoms with Crippen molar-refractivity contribution in [2.24, 2.45) is 5.73 Å². The van der Waals surface area contributed by atoms with Crippen LogP contribution in [0.1, 0.15) is 31.2 Å². The lowest BCUT2D eigenvalue weighted by molar-refractivity contribution is 0.316. The van der Waals surface area contributed by atoms with Gasteiger partial charge in [0.05, 0.1) is 4.99 Å². The minimum Gasteiger partial charge on any atom is -0.393 e. The molecule has 3 N–H and O–H groups in total. The lowest BCUT2D eigenvalue weighted by Crippen LogP contribution is -2.52. The minimum atomic E-state index is -0.177. The molecule has 0 aliphatic carbocycles. The van der Waals surface area contributed by atoms with Gasteiger partial charge in [0.2, 0.25) is 0 Å². The fourth-order valence-electron chi connectivity index (χ4n) is 3.40. The predicted molar refractivity (Wildman–Crippen MR) is 79.6 cm³/mol. The molecule has 0 radical (unpaired) electrons. The van der Waals surface area contributed by atoms with Crippen LogP contribution in [0.15, 0.2) is 22.9 Å². The fourth-order valence-corrected chi connectivity index (χ4v) is 4.05. The van der Waals surface area contributed by atoms with E-state index in [1.165, 1.54) is 12.8 Å². The Hall–Kier alpha value is -0.520. The summed E-state index contributed by atoms with van der Waals surface area (Å²) in [6, 6.07) is 3.20. The third kappa shape index (κ3) is 1.98. The molecule has 3 atom stereocenters. The van der Waals surface area contributed by atoms with E-state index < -0.39 is 0 Å². The number of pyridine rings is 1. The molecule has 2 aliphatic heterocycles. The maximum atomic E-state index is 6.10. The summed E-state index contributed by atoms with van der Waals surface area (Å²) in [4.78, 5) is 4.89. The molecule has 1 aromatic rings. The molecule has 0 unspecified atom stereocenters. The molecular weight excluding hydrogens is 310 g/mol. The normalized spacial score (nSPS) is 34.5. The number of nitrogens with two attached hydrogens (primary N) is 1. The van der Waals surface area contributed by atoms with Crippen LogP contribution in [0, 0.1) is 0 Å². The van der Waals surface area contributed by atoms with Crippen LogP contribution in [0.5, 0.6) is 0 Å². The Morgan fingerprint density at radius 3 is 2.61 bits per heavy atom. The van der Waals surface area contributed by atoms with Gasteiger partial charge < -0.3 is 11.1 Å². The van der Waals surface area contributed by atoms with Gasteiger partial charge in [0.1, 0.15) is 0 Å². The lowest BCUT2D eigenvalue weighted by atomic mass is 9.71. The highest BCUT2D eigenvalue weighted by Crippen LogP contribution is 2.43. The molecule has 2 aliphatic rings. The summed E-state index contributed by atoms with van der Waals surface area (Å²) in [6.45, 7) is 0. The Kier molecular flexibility index (Phi) is 3.16. The molecule has 2 fully saturated rings. The highest BCUT2D eigenvalue weighted by Gasteiger charge is 2.46. The molecule has 0 spiro atoms. The predicted octanol–water partition coefficient (Wildman–Crippen LogP) is 2.28. The zero-order chi connectivity index (χ0) is 12.8. The second kappa shape index (κ2) is 4.54. The van der Waals surface area contributed by atoms with Crippen molar-refractivity contribution in [2.45, 2.75) is 43.2 Å². The summed E-state index contributed by atoms with van der Waals surface area (Å²) in [5.74, 6) is 0. The Morgan fingerprint density at radius 1 is 1.39 bits per heavy atom. The summed E-state index contributed by atoms with van der Waals surface area (Å²) in [5.41, 5.74) is 7.08. The molecule has 3 nitrogen and oxygen atoms in total. The van der Waals surface area contributed by atoms with Crippen LogP contribution < -0.4 is 11.1 Å². The van der Waals surface area contributed by atoms with Crippen LogP contribution in [0.4, 0.5) is 0 Å². The van der Waals surface area contributed by atoms with E-state index in [2.05, 4.69) is 32.3 Å². The summed E-state index contributed by atoms with van der Waals surface area (Å²) < 4.78 is 0.988. The van der Waals surface area contributed by atoms with Gasteiger partial charge in [-0.05, 0) is 53.2 Å². The molecule has 5 heteroatoms. The van der Waals surface area contributed by atoms with Crippen LogP contribution in [0.25, 0.3) is 0 Å². The third-order valence-electron chi connectivity index (χ3n) is 4.25. The molecule has 0 saturated carbocycles. The van der Waals surface area contributed by atoms with Crippen molar-refractivity contribution in [1.29, 1.82) is 0 Å². The van der Waals surface area contributed by atoms with Crippen molar-refractivity contribution in [1.82, 2.24) is 10.3 Å². The van der Waals surface area contributed by atoms with Gasteiger partial charge in [-0.15, -0.1) is 0 Å². The number of piperidine rings is 1. The van der Waals surface area contributed by atoms with E-state index in [1.54, 1.807) is 6.20 Å². The van der Waals surface area contributed by atoms with E-state index in [-0.39, 0.29) is 5.41 Å². The number of thiocarbonyl (C=S) groups is 1. The number of aromatic nitrogens is 1. The van der Waals surface area contributed by atoms with Crippen molar-refractivity contribution in [3.63, 3.8) is 0 Å². The largest absolute Gasteiger partial charge is 0.393 e. The van der Waals surface area contributed by atoms with E-state index in [9.17, 15) is 0 Å². The summed E-state index contributed by atoms with van der Waals surface area (Å²) in [7, 11) is 0. The van der Waals surface area contributed by atoms with Gasteiger partial charge >= 0.3 is 0 Å². The summed E-state index contributed by atoms with van der Waals surface area (Å²) >= 11 is 8.88. The van der Waals surface area contributed by atoms with Crippen molar-refractivity contribution < 1.29 is 0 Å². The third-order valence-corrected chi connectivity index (χ3v) is 5.08. The molecule has 0 aromatic carbocycles. The van der Waals surface area contributed by atoms with Crippen molar-refractivity contribution in [3.8, 4) is 0 Å². The maximum absolute atomic E-state index is 6.10. The first kappa shape index (κ1) is 12.5. The lowest BCUT2D eigenvalue weighted by Gasteiger charge is -2.41. The highest BCUT2D eigenvalue weighted by molar-refractivity contribution is 9.10. The maximum Gasteiger partial charge on any atom is 0.0836 e. The Morgan fingerprint density at radius 2 is 2.06 bits per heavy atom. The SMILES string of the molecule is NC(=S)[C@@]1(c2cncc(Br)c2)C[C@H]2CC[C@@H](C1)N2. The average Bonchev–Trinajstić information content (AvgIpc) is 2.68. The topological polar surface area (TPSA) is 50.9 Å². The van der Waals surface area contributed by atoms with Crippen molar-refractivity contribution >= 4 is 33.1 Å². The first-order valence-electron chi connectivity index (χ1n) is 6.27. The highest BCUT2D eigenvalue weighted by atomic mass is 79.9. The number of hydrogen-bond acceptors (Lipinski definition) is 3. The van der Waals surface area contributed by atoms with Crippen LogP contribution in [0.2, 0.25) is 0 Å². The second-order valence-corrected chi connectivity index (χ2v) is 6.74. The molecule has 1 aromatic heterocycles. The quantitative estimate of drug-likeness (QED) is 0.819. The van der Waals surface area contributed by atoms with Crippen LogP contribution >= 0.6 is 28.1 Å². The van der Waals surface area contributed by atoms with E-state index in [4.69, 9.17) is 18.0 Å². The van der Waals surface area contributed by atoms with E-state index in [0.29, 0.717) is 17.1 Å². The molecule has 2 saturated heterocycles. The summed E-state index contributed by atoms with van der Waals surface area (Å²) in [5, 5.41) is 3.64. The van der Waals surface area contributed by atoms with Gasteiger partial charge in [0.15, 0.2) is 0 Å². The van der Waals surface area contributed by atoms with E-state index in [0.717, 1.165) is 22.9 Å². The second-order valence-electron chi connectivity index (χ2n) is 5.38. The molecular formula is C13H16BrN3S. The van der Waals surface area contributed by atoms with Crippen molar-refractivity contribution in [3.05, 3.63) is 28.5 Å². The van der Waals surface area contributed by atoms with Crippen LogP contribution in [-0.4, -0.2) is 22.1 Å². The van der Waals surface area contributed by atoms with Gasteiger partial charge in [-0.1, -0.05) is 12.2 Å². The smallest absolute Gasteiger partial charge is 0.0836 e. The molecule has 0 amide bonds. The van der Waals surface area contributed by atoms with Gasteiger partial charge in [0, 0.05) is 34.4 Å². The molecule has 3 rings (SSSR count). The minimum absolute atomic E-state index is 0.177. The zero-order valence-corrected chi connectivity index (χ0v) is 12.4. The van der Waals surface area contributed by atoms with Gasteiger partial charge in [0.25, 0.3) is 0 Å². The Labute approximate surface area is 121 Å². The van der Waals surface area contributed by atoms with Crippen molar-refractivity contribution in [2.75, 3.05) is 0 Å². The monoisotopic (exact) mass is 325 g/mol. The molecule has 3 heterocycles. The van der Waals surface area contributed by atoms with Crippen LogP contribution in [-0.2, 0) is 5.41 Å². The number of hydrogen-bond donors (Lipinski definition) is 2. The Bertz CT molecular complexity index is 479. The number of nitrogens with zero attached hydrogens (tertiary/aromatic N) is 1. The molecule has 18 heavy (non-hydrogen) atoms. The van der Waals surface area contributed by atoms with E-state index in [1.807, 2.05) is 6.20 Å². The van der Waals surface area contributed by atoms with Gasteiger partial charge in [-0.25, -0.2) is 0 Å². The van der Waals surface area contributed by atoms with Gasteiger partial charge in [-0.2, -0.15) is 0 Å². The van der Waals surface area contributed by atoms with E-state index >= 15 is 0 Å². The molecule has 96 valence electrons. The van der Waals surface area contributed by atoms with Gasteiger partial charge in [-0.3, -0.25) is 4.98 Å². The zero-order valence-electron chi connectivity index (χ0n) is 10.0. The summed E-state index contributed by atoms with van der Waals surface area (Å²) in [6.07, 6.45) is 8.17. The standard InChI is InChI=1S/C13H16BrN3S/c14-9-3-8(6-16-7-9)13(12(15)18)4-10-1-2-11(5-13)17-10/h3,6-7,10-11,17H,1-2,4-5H2,(H2,15,18)/t10-,11+,13+. The number of fused-ring (bicyclic) bond motifs is 2. The fraction of sp³-hybridized carbons (Fsp3) is 0.538. The number of rotatable bonds is 2. The van der Waals surface area contributed by atoms with Crippen LogP contribution in [0.3, 0.4) is 0 Å². The number of nitrogens with one attached hydrogen (secondary N) is 1. The first-order valence-corrected chi connectivity index (χ1v) is 7.47. The number of halogens is 1. The average molecular weight is 326 g/mol.